The van der Waals surface area contributed by atoms with E-state index in [1.54, 1.807) is 5.57 Å². The molecule has 0 spiro atoms. The van der Waals surface area contributed by atoms with Gasteiger partial charge >= 0.3 is 0 Å². The molecule has 0 aromatic rings. The number of rotatable bonds is 0. The zero-order chi connectivity index (χ0) is 6.20. The molecule has 1 aliphatic carbocycles. The SMILES string of the molecule is CC1=CC(C)(C)CC1. The molecule has 0 nitrogen and oxygen atoms in total. The van der Waals surface area contributed by atoms with Crippen LogP contribution in [-0.4, -0.2) is 0 Å². The average molecular weight is 110 g/mol. The quantitative estimate of drug-likeness (QED) is 0.420. The maximum absolute atomic E-state index is 2.38. The Morgan fingerprint density at radius 3 is 2.25 bits per heavy atom. The minimum Gasteiger partial charge on any atom is -0.0799 e. The molecule has 0 saturated heterocycles. The van der Waals surface area contributed by atoms with Crippen LogP contribution in [0.2, 0.25) is 0 Å². The van der Waals surface area contributed by atoms with Gasteiger partial charge in [-0.2, -0.15) is 0 Å². The van der Waals surface area contributed by atoms with Crippen LogP contribution in [0.25, 0.3) is 0 Å². The standard InChI is InChI=1S/C8H14/c1-7-4-5-8(2,3)6-7/h6H,4-5H2,1-3H3. The van der Waals surface area contributed by atoms with Gasteiger partial charge in [0.05, 0.1) is 0 Å². The highest BCUT2D eigenvalue weighted by molar-refractivity contribution is 5.11. The molecule has 0 fully saturated rings. The summed E-state index contributed by atoms with van der Waals surface area (Å²) < 4.78 is 0. The third-order valence-electron chi connectivity index (χ3n) is 1.80. The minimum absolute atomic E-state index is 0.504. The summed E-state index contributed by atoms with van der Waals surface area (Å²) in [7, 11) is 0. The third kappa shape index (κ3) is 1.12. The average Bonchev–Trinajstić information content (AvgIpc) is 1.82. The van der Waals surface area contributed by atoms with Crippen molar-refractivity contribution in [1.82, 2.24) is 0 Å². The summed E-state index contributed by atoms with van der Waals surface area (Å²) in [6.07, 6.45) is 5.04. The lowest BCUT2D eigenvalue weighted by Crippen LogP contribution is -2.00. The molecular weight excluding hydrogens is 96.1 g/mol. The monoisotopic (exact) mass is 110 g/mol. The van der Waals surface area contributed by atoms with Crippen molar-refractivity contribution < 1.29 is 0 Å². The van der Waals surface area contributed by atoms with E-state index >= 15 is 0 Å². The second kappa shape index (κ2) is 1.61. The molecule has 0 atom stereocenters. The molecular formula is C8H14. The van der Waals surface area contributed by atoms with E-state index in [4.69, 9.17) is 0 Å². The van der Waals surface area contributed by atoms with Crippen molar-refractivity contribution in [2.45, 2.75) is 33.6 Å². The van der Waals surface area contributed by atoms with Gasteiger partial charge in [0.15, 0.2) is 0 Å². The molecule has 0 aromatic heterocycles. The Balaban J connectivity index is 2.67. The molecule has 0 heteroatoms. The molecule has 8 heavy (non-hydrogen) atoms. The van der Waals surface area contributed by atoms with Gasteiger partial charge in [-0.1, -0.05) is 25.5 Å². The Labute approximate surface area is 51.6 Å². The highest BCUT2D eigenvalue weighted by Gasteiger charge is 2.19. The highest BCUT2D eigenvalue weighted by Crippen LogP contribution is 2.34. The Morgan fingerprint density at radius 1 is 1.50 bits per heavy atom. The first-order valence-electron chi connectivity index (χ1n) is 3.28. The Bertz CT molecular complexity index is 118. The van der Waals surface area contributed by atoms with Gasteiger partial charge in [0.25, 0.3) is 0 Å². The highest BCUT2D eigenvalue weighted by atomic mass is 14.2. The van der Waals surface area contributed by atoms with Crippen LogP contribution in [0.15, 0.2) is 11.6 Å². The van der Waals surface area contributed by atoms with Crippen LogP contribution in [-0.2, 0) is 0 Å². The van der Waals surface area contributed by atoms with Crippen LogP contribution in [0.1, 0.15) is 33.6 Å². The summed E-state index contributed by atoms with van der Waals surface area (Å²) in [6, 6.07) is 0. The van der Waals surface area contributed by atoms with Crippen LogP contribution in [0.3, 0.4) is 0 Å². The Kier molecular flexibility index (Phi) is 1.18. The molecule has 1 rings (SSSR count). The normalized spacial score (nSPS) is 25.6. The van der Waals surface area contributed by atoms with Crippen molar-refractivity contribution in [3.8, 4) is 0 Å². The van der Waals surface area contributed by atoms with Crippen LogP contribution < -0.4 is 0 Å². The lowest BCUT2D eigenvalue weighted by Gasteiger charge is -2.11. The van der Waals surface area contributed by atoms with Crippen LogP contribution in [0.4, 0.5) is 0 Å². The van der Waals surface area contributed by atoms with Gasteiger partial charge in [0.1, 0.15) is 0 Å². The van der Waals surface area contributed by atoms with E-state index in [-0.39, 0.29) is 0 Å². The topological polar surface area (TPSA) is 0 Å². The van der Waals surface area contributed by atoms with E-state index in [9.17, 15) is 0 Å². The Morgan fingerprint density at radius 2 is 2.12 bits per heavy atom. The van der Waals surface area contributed by atoms with Crippen LogP contribution in [0.5, 0.6) is 0 Å². The van der Waals surface area contributed by atoms with E-state index in [0.717, 1.165) is 0 Å². The number of allylic oxidation sites excluding steroid dienone is 2. The fraction of sp³-hybridized carbons (Fsp3) is 0.750. The molecule has 1 aliphatic rings. The molecule has 0 N–H and O–H groups in total. The van der Waals surface area contributed by atoms with Crippen molar-refractivity contribution in [3.63, 3.8) is 0 Å². The predicted molar refractivity (Wildman–Crippen MR) is 36.8 cm³/mol. The maximum atomic E-state index is 2.38. The summed E-state index contributed by atoms with van der Waals surface area (Å²) in [5, 5.41) is 0. The van der Waals surface area contributed by atoms with Gasteiger partial charge in [-0.25, -0.2) is 0 Å². The molecule has 0 aromatic carbocycles. The fourth-order valence-electron chi connectivity index (χ4n) is 1.33. The molecule has 0 heterocycles. The number of hydrogen-bond acceptors (Lipinski definition) is 0. The molecule has 46 valence electrons. The van der Waals surface area contributed by atoms with Gasteiger partial charge in [-0.15, -0.1) is 0 Å². The van der Waals surface area contributed by atoms with Crippen molar-refractivity contribution in [3.05, 3.63) is 11.6 Å². The van der Waals surface area contributed by atoms with E-state index in [1.165, 1.54) is 12.8 Å². The zero-order valence-corrected chi connectivity index (χ0v) is 5.99. The van der Waals surface area contributed by atoms with Crippen molar-refractivity contribution in [2.75, 3.05) is 0 Å². The fourth-order valence-corrected chi connectivity index (χ4v) is 1.33. The van der Waals surface area contributed by atoms with Gasteiger partial charge in [0.2, 0.25) is 0 Å². The largest absolute Gasteiger partial charge is 0.0799 e. The smallest absolute Gasteiger partial charge is 0.0169 e. The summed E-state index contributed by atoms with van der Waals surface area (Å²) in [5.41, 5.74) is 2.07. The number of hydrogen-bond donors (Lipinski definition) is 0. The molecule has 0 radical (unpaired) electrons. The summed E-state index contributed by atoms with van der Waals surface area (Å²) in [5.74, 6) is 0. The molecule has 0 bridgehead atoms. The van der Waals surface area contributed by atoms with Crippen LogP contribution >= 0.6 is 0 Å². The van der Waals surface area contributed by atoms with E-state index in [1.807, 2.05) is 0 Å². The minimum atomic E-state index is 0.504. The Hall–Kier alpha value is -0.260. The second-order valence-corrected chi connectivity index (χ2v) is 3.48. The van der Waals surface area contributed by atoms with E-state index < -0.39 is 0 Å². The summed E-state index contributed by atoms with van der Waals surface area (Å²) in [6.45, 7) is 6.81. The van der Waals surface area contributed by atoms with Crippen molar-refractivity contribution >= 4 is 0 Å². The first-order valence-corrected chi connectivity index (χ1v) is 3.28. The van der Waals surface area contributed by atoms with Gasteiger partial charge < -0.3 is 0 Å². The second-order valence-electron chi connectivity index (χ2n) is 3.48. The van der Waals surface area contributed by atoms with Gasteiger partial charge in [-0.05, 0) is 25.2 Å². The third-order valence-corrected chi connectivity index (χ3v) is 1.80. The van der Waals surface area contributed by atoms with Gasteiger partial charge in [-0.3, -0.25) is 0 Å². The summed E-state index contributed by atoms with van der Waals surface area (Å²) in [4.78, 5) is 0. The first-order chi connectivity index (χ1) is 3.60. The lowest BCUT2D eigenvalue weighted by atomic mass is 9.94. The predicted octanol–water partition coefficient (Wildman–Crippen LogP) is 2.75. The van der Waals surface area contributed by atoms with Crippen LogP contribution in [0, 0.1) is 5.41 Å². The molecule has 0 amide bonds. The molecule has 0 unspecified atom stereocenters. The molecule has 0 saturated carbocycles. The van der Waals surface area contributed by atoms with Crippen molar-refractivity contribution in [2.24, 2.45) is 5.41 Å². The van der Waals surface area contributed by atoms with E-state index in [2.05, 4.69) is 26.8 Å². The maximum Gasteiger partial charge on any atom is -0.0169 e. The molecule has 0 aliphatic heterocycles. The van der Waals surface area contributed by atoms with Gasteiger partial charge in [0, 0.05) is 0 Å². The van der Waals surface area contributed by atoms with Crippen molar-refractivity contribution in [1.29, 1.82) is 0 Å². The van der Waals surface area contributed by atoms with E-state index in [0.29, 0.717) is 5.41 Å². The zero-order valence-electron chi connectivity index (χ0n) is 5.99. The summed E-state index contributed by atoms with van der Waals surface area (Å²) >= 11 is 0. The first kappa shape index (κ1) is 5.87. The lowest BCUT2D eigenvalue weighted by molar-refractivity contribution is 0.470.